The lowest BCUT2D eigenvalue weighted by Crippen LogP contribution is -2.44. The zero-order valence-corrected chi connectivity index (χ0v) is 19.2. The standard InChI is InChI=1S/C25H28FN5O3/c1-16(15-32)28-24-27-13-19-10-11-31(14-21(19)29-24)25(33)30-23(17-6-4-3-5-7-17)18-8-9-22(34-2)20(26)12-18/h3-9,12-13,16,23,32H,10-11,14-15H2,1-2H3,(H,30,33)(H,27,28,29)/t16-,23?/m0/s1. The van der Waals surface area contributed by atoms with Gasteiger partial charge in [-0.3, -0.25) is 0 Å². The van der Waals surface area contributed by atoms with E-state index in [1.54, 1.807) is 23.2 Å². The molecule has 2 amide bonds. The maximum atomic E-state index is 14.5. The zero-order valence-electron chi connectivity index (χ0n) is 19.2. The van der Waals surface area contributed by atoms with Gasteiger partial charge in [0.2, 0.25) is 5.95 Å². The molecule has 1 aliphatic heterocycles. The van der Waals surface area contributed by atoms with Gasteiger partial charge in [-0.2, -0.15) is 0 Å². The number of carbonyl (C=O) groups excluding carboxylic acids is 1. The van der Waals surface area contributed by atoms with Crippen molar-refractivity contribution in [1.82, 2.24) is 20.2 Å². The van der Waals surface area contributed by atoms with E-state index < -0.39 is 11.9 Å². The van der Waals surface area contributed by atoms with Gasteiger partial charge in [-0.05, 0) is 42.2 Å². The van der Waals surface area contributed by atoms with E-state index >= 15 is 0 Å². The number of aliphatic hydroxyl groups is 1. The molecule has 4 rings (SSSR count). The van der Waals surface area contributed by atoms with Crippen LogP contribution in [0.3, 0.4) is 0 Å². The van der Waals surface area contributed by atoms with Crippen molar-refractivity contribution < 1.29 is 19.0 Å². The first-order chi connectivity index (χ1) is 16.5. The first kappa shape index (κ1) is 23.4. The second kappa shape index (κ2) is 10.5. The average molecular weight is 466 g/mol. The number of urea groups is 1. The fraction of sp³-hybridized carbons (Fsp3) is 0.320. The van der Waals surface area contributed by atoms with Crippen LogP contribution in [0.5, 0.6) is 5.75 Å². The Morgan fingerprint density at radius 3 is 2.74 bits per heavy atom. The summed E-state index contributed by atoms with van der Waals surface area (Å²) < 4.78 is 19.5. The molecule has 2 atom stereocenters. The highest BCUT2D eigenvalue weighted by Crippen LogP contribution is 2.27. The third kappa shape index (κ3) is 5.26. The summed E-state index contributed by atoms with van der Waals surface area (Å²) in [5, 5.41) is 15.4. The summed E-state index contributed by atoms with van der Waals surface area (Å²) in [5.41, 5.74) is 3.20. The molecule has 8 nitrogen and oxygen atoms in total. The maximum absolute atomic E-state index is 14.5. The van der Waals surface area contributed by atoms with E-state index in [9.17, 15) is 14.3 Å². The third-order valence-corrected chi connectivity index (χ3v) is 5.79. The number of aromatic nitrogens is 2. The van der Waals surface area contributed by atoms with Gasteiger partial charge >= 0.3 is 6.03 Å². The molecule has 0 saturated heterocycles. The fourth-order valence-corrected chi connectivity index (χ4v) is 3.89. The smallest absolute Gasteiger partial charge is 0.318 e. The van der Waals surface area contributed by atoms with Crippen molar-refractivity contribution in [3.05, 3.63) is 82.9 Å². The van der Waals surface area contributed by atoms with E-state index in [4.69, 9.17) is 4.74 Å². The summed E-state index contributed by atoms with van der Waals surface area (Å²) in [6, 6.07) is 13.1. The van der Waals surface area contributed by atoms with Crippen molar-refractivity contribution in [2.24, 2.45) is 0 Å². The number of benzene rings is 2. The number of carbonyl (C=O) groups is 1. The summed E-state index contributed by atoms with van der Waals surface area (Å²) in [6.45, 7) is 2.63. The predicted octanol–water partition coefficient (Wildman–Crippen LogP) is 3.27. The van der Waals surface area contributed by atoms with Gasteiger partial charge in [0.05, 0.1) is 32.0 Å². The fourth-order valence-electron chi connectivity index (χ4n) is 3.89. The van der Waals surface area contributed by atoms with Gasteiger partial charge in [0.15, 0.2) is 11.6 Å². The molecule has 3 N–H and O–H groups in total. The Hall–Kier alpha value is -3.72. The van der Waals surface area contributed by atoms with E-state index in [0.29, 0.717) is 31.0 Å². The lowest BCUT2D eigenvalue weighted by Gasteiger charge is -2.30. The van der Waals surface area contributed by atoms with Crippen LogP contribution in [0, 0.1) is 5.82 Å². The van der Waals surface area contributed by atoms with Crippen molar-refractivity contribution in [2.45, 2.75) is 32.0 Å². The second-order valence-corrected chi connectivity index (χ2v) is 8.25. The average Bonchev–Trinajstić information content (AvgIpc) is 2.87. The van der Waals surface area contributed by atoms with Crippen LogP contribution in [0.25, 0.3) is 0 Å². The minimum atomic E-state index is -0.538. The van der Waals surface area contributed by atoms with E-state index in [1.165, 1.54) is 13.2 Å². The largest absolute Gasteiger partial charge is 0.494 e. The quantitative estimate of drug-likeness (QED) is 0.495. The molecule has 34 heavy (non-hydrogen) atoms. The van der Waals surface area contributed by atoms with Gasteiger partial charge in [-0.15, -0.1) is 0 Å². The number of methoxy groups -OCH3 is 1. The molecular formula is C25H28FN5O3. The molecule has 1 aliphatic rings. The first-order valence-electron chi connectivity index (χ1n) is 11.1. The molecule has 9 heteroatoms. The van der Waals surface area contributed by atoms with Crippen molar-refractivity contribution in [3.8, 4) is 5.75 Å². The number of ether oxygens (including phenoxy) is 1. The second-order valence-electron chi connectivity index (χ2n) is 8.25. The predicted molar refractivity (Wildman–Crippen MR) is 126 cm³/mol. The number of nitrogens with zero attached hydrogens (tertiary/aromatic N) is 3. The SMILES string of the molecule is COc1ccc(C(NC(=O)N2CCc3cnc(N[C@@H](C)CO)nc3C2)c2ccccc2)cc1F. The number of hydrogen-bond acceptors (Lipinski definition) is 6. The molecule has 2 aromatic carbocycles. The Kier molecular flexibility index (Phi) is 7.22. The molecule has 3 aromatic rings. The van der Waals surface area contributed by atoms with Crippen LogP contribution in [0.15, 0.2) is 54.7 Å². The summed E-state index contributed by atoms with van der Waals surface area (Å²) in [6.07, 6.45) is 2.39. The molecule has 178 valence electrons. The van der Waals surface area contributed by atoms with Gasteiger partial charge in [-0.25, -0.2) is 19.2 Å². The summed E-state index contributed by atoms with van der Waals surface area (Å²) in [7, 11) is 1.41. The summed E-state index contributed by atoms with van der Waals surface area (Å²) in [4.78, 5) is 23.8. The lowest BCUT2D eigenvalue weighted by atomic mass is 9.98. The van der Waals surface area contributed by atoms with E-state index in [0.717, 1.165) is 16.8 Å². The normalized spacial score (nSPS) is 14.6. The monoisotopic (exact) mass is 465 g/mol. The Labute approximate surface area is 197 Å². The van der Waals surface area contributed by atoms with Crippen LogP contribution in [0.1, 0.15) is 35.3 Å². The topological polar surface area (TPSA) is 99.6 Å². The third-order valence-electron chi connectivity index (χ3n) is 5.79. The number of nitrogens with one attached hydrogen (secondary N) is 2. The molecule has 0 radical (unpaired) electrons. The van der Waals surface area contributed by atoms with Gasteiger partial charge in [0.25, 0.3) is 0 Å². The number of fused-ring (bicyclic) bond motifs is 1. The van der Waals surface area contributed by atoms with Gasteiger partial charge in [0.1, 0.15) is 0 Å². The summed E-state index contributed by atoms with van der Waals surface area (Å²) >= 11 is 0. The van der Waals surface area contributed by atoms with Crippen LogP contribution in [-0.2, 0) is 13.0 Å². The van der Waals surface area contributed by atoms with E-state index in [2.05, 4.69) is 20.6 Å². The number of rotatable bonds is 7. The van der Waals surface area contributed by atoms with Crippen LogP contribution in [-0.4, -0.2) is 52.3 Å². The molecule has 0 fully saturated rings. The van der Waals surface area contributed by atoms with Crippen LogP contribution in [0.2, 0.25) is 0 Å². The minimum absolute atomic E-state index is 0.0399. The maximum Gasteiger partial charge on any atom is 0.318 e. The molecule has 0 aliphatic carbocycles. The number of amides is 2. The molecule has 0 spiro atoms. The number of halogens is 1. The Bertz CT molecular complexity index is 1140. The Morgan fingerprint density at radius 1 is 1.24 bits per heavy atom. The Morgan fingerprint density at radius 2 is 2.03 bits per heavy atom. The summed E-state index contributed by atoms with van der Waals surface area (Å²) in [5.74, 6) is 0.0727. The highest BCUT2D eigenvalue weighted by atomic mass is 19.1. The van der Waals surface area contributed by atoms with Crippen LogP contribution < -0.4 is 15.4 Å². The van der Waals surface area contributed by atoms with E-state index in [1.807, 2.05) is 37.3 Å². The minimum Gasteiger partial charge on any atom is -0.494 e. The Balaban J connectivity index is 1.54. The molecule has 0 saturated carbocycles. The highest BCUT2D eigenvalue weighted by Gasteiger charge is 2.26. The number of aliphatic hydroxyl groups excluding tert-OH is 1. The molecule has 1 aromatic heterocycles. The van der Waals surface area contributed by atoms with Crippen molar-refractivity contribution >= 4 is 12.0 Å². The first-order valence-corrected chi connectivity index (χ1v) is 11.1. The van der Waals surface area contributed by atoms with Crippen molar-refractivity contribution in [2.75, 3.05) is 25.6 Å². The number of hydrogen-bond donors (Lipinski definition) is 3. The van der Waals surface area contributed by atoms with Gasteiger partial charge in [0, 0.05) is 18.8 Å². The van der Waals surface area contributed by atoms with Gasteiger partial charge in [-0.1, -0.05) is 36.4 Å². The molecule has 2 heterocycles. The number of anilines is 1. The highest BCUT2D eigenvalue weighted by molar-refractivity contribution is 5.75. The molecule has 1 unspecified atom stereocenters. The van der Waals surface area contributed by atoms with Crippen molar-refractivity contribution in [1.29, 1.82) is 0 Å². The van der Waals surface area contributed by atoms with Gasteiger partial charge < -0.3 is 25.4 Å². The molecule has 0 bridgehead atoms. The lowest BCUT2D eigenvalue weighted by molar-refractivity contribution is 0.189. The zero-order chi connectivity index (χ0) is 24.1. The van der Waals surface area contributed by atoms with Crippen LogP contribution >= 0.6 is 0 Å². The van der Waals surface area contributed by atoms with Crippen LogP contribution in [0.4, 0.5) is 15.1 Å². The van der Waals surface area contributed by atoms with Crippen molar-refractivity contribution in [3.63, 3.8) is 0 Å². The molecular weight excluding hydrogens is 437 g/mol. The van der Waals surface area contributed by atoms with E-state index in [-0.39, 0.29) is 24.4 Å².